The van der Waals surface area contributed by atoms with Gasteiger partial charge in [0.25, 0.3) is 0 Å². The van der Waals surface area contributed by atoms with Gasteiger partial charge in [0.2, 0.25) is 11.9 Å². The fourth-order valence-corrected chi connectivity index (χ4v) is 5.50. The van der Waals surface area contributed by atoms with E-state index in [1.165, 1.54) is 18.9 Å². The second-order valence-corrected chi connectivity index (χ2v) is 9.75. The number of benzene rings is 1. The summed E-state index contributed by atoms with van der Waals surface area (Å²) >= 11 is 6.50. The van der Waals surface area contributed by atoms with Gasteiger partial charge in [-0.1, -0.05) is 42.8 Å². The van der Waals surface area contributed by atoms with Gasteiger partial charge in [-0.05, 0) is 37.3 Å². The van der Waals surface area contributed by atoms with Gasteiger partial charge in [-0.15, -0.1) is 0 Å². The van der Waals surface area contributed by atoms with Gasteiger partial charge in [-0.25, -0.2) is 9.97 Å². The monoisotopic (exact) mass is 478 g/mol. The Morgan fingerprint density at radius 3 is 2.88 bits per heavy atom. The molecule has 1 aliphatic heterocycles. The summed E-state index contributed by atoms with van der Waals surface area (Å²) in [5, 5.41) is 5.23. The molecule has 2 aliphatic rings. The number of halogens is 1. The molecule has 7 nitrogen and oxygen atoms in total. The van der Waals surface area contributed by atoms with Crippen molar-refractivity contribution < 1.29 is 4.79 Å². The molecule has 1 unspecified atom stereocenters. The van der Waals surface area contributed by atoms with E-state index in [1.807, 2.05) is 29.3 Å². The number of carbonyl (C=O) groups is 1. The van der Waals surface area contributed by atoms with Crippen molar-refractivity contribution in [3.63, 3.8) is 0 Å². The van der Waals surface area contributed by atoms with Crippen LogP contribution in [0.2, 0.25) is 5.02 Å². The summed E-state index contributed by atoms with van der Waals surface area (Å²) in [4.78, 5) is 28.8. The first-order valence-corrected chi connectivity index (χ1v) is 12.5. The summed E-state index contributed by atoms with van der Waals surface area (Å²) < 4.78 is 0. The molecule has 3 aromatic rings. The molecule has 1 saturated heterocycles. The van der Waals surface area contributed by atoms with Gasteiger partial charge in [0.1, 0.15) is 0 Å². The Morgan fingerprint density at radius 1 is 1.24 bits per heavy atom. The molecule has 3 heterocycles. The second-order valence-electron chi connectivity index (χ2n) is 9.34. The zero-order valence-electron chi connectivity index (χ0n) is 19.3. The average Bonchev–Trinajstić information content (AvgIpc) is 3.29. The van der Waals surface area contributed by atoms with Crippen LogP contribution in [0.5, 0.6) is 0 Å². The van der Waals surface area contributed by atoms with Crippen molar-refractivity contribution in [1.29, 1.82) is 0 Å². The Labute approximate surface area is 205 Å². The molecule has 0 spiro atoms. The van der Waals surface area contributed by atoms with Gasteiger partial charge >= 0.3 is 0 Å². The third kappa shape index (κ3) is 4.95. The van der Waals surface area contributed by atoms with E-state index in [0.29, 0.717) is 22.9 Å². The van der Waals surface area contributed by atoms with Crippen molar-refractivity contribution in [2.45, 2.75) is 31.7 Å². The van der Waals surface area contributed by atoms with Crippen molar-refractivity contribution in [2.75, 3.05) is 38.0 Å². The lowest BCUT2D eigenvalue weighted by atomic mass is 9.85. The van der Waals surface area contributed by atoms with E-state index in [-0.39, 0.29) is 5.91 Å². The van der Waals surface area contributed by atoms with Crippen molar-refractivity contribution in [3.05, 3.63) is 54.3 Å². The van der Waals surface area contributed by atoms with Crippen LogP contribution in [-0.4, -0.2) is 69.4 Å². The predicted molar refractivity (Wildman–Crippen MR) is 137 cm³/mol. The summed E-state index contributed by atoms with van der Waals surface area (Å²) in [6.45, 7) is 8.12. The van der Waals surface area contributed by atoms with Crippen molar-refractivity contribution in [2.24, 2.45) is 5.92 Å². The molecule has 8 heteroatoms. The molecule has 2 aromatic heterocycles. The number of aromatic amines is 1. The minimum atomic E-state index is 0.0385. The Balaban J connectivity index is 1.22. The molecule has 1 amide bonds. The van der Waals surface area contributed by atoms with Crippen LogP contribution in [-0.2, 0) is 4.79 Å². The smallest absolute Gasteiger partial charge is 0.246 e. The quantitative estimate of drug-likeness (QED) is 0.507. The van der Waals surface area contributed by atoms with Gasteiger partial charge in [-0.3, -0.25) is 9.69 Å². The molecule has 1 aromatic carbocycles. The highest BCUT2D eigenvalue weighted by Crippen LogP contribution is 2.33. The number of nitrogens with zero attached hydrogens (tertiary/aromatic N) is 4. The number of carbonyl (C=O) groups excluding carboxylic acids is 1. The van der Waals surface area contributed by atoms with E-state index in [4.69, 9.17) is 16.6 Å². The van der Waals surface area contributed by atoms with E-state index < -0.39 is 0 Å². The van der Waals surface area contributed by atoms with Crippen molar-refractivity contribution >= 4 is 34.4 Å². The number of hydrogen-bond donors (Lipinski definition) is 2. The van der Waals surface area contributed by atoms with Gasteiger partial charge in [-0.2, -0.15) is 0 Å². The standard InChI is InChI=1S/C26H31ClN6O/c1-2-24(34)33-12-10-32(11-13-33)17-18-6-5-7-19(14-18)30-26-29-16-22(27)25(31-26)21-15-28-23-9-4-3-8-20(21)23/h2-4,8-9,15-16,18-19,28H,1,5-7,10-14,17H2,(H,29,30,31)/t18-,19?/m0/s1. The molecular formula is C26H31ClN6O. The van der Waals surface area contributed by atoms with Crippen LogP contribution in [0.15, 0.2) is 49.3 Å². The second kappa shape index (κ2) is 10.2. The highest BCUT2D eigenvalue weighted by molar-refractivity contribution is 6.33. The maximum atomic E-state index is 11.8. The van der Waals surface area contributed by atoms with E-state index in [0.717, 1.165) is 67.7 Å². The Morgan fingerprint density at radius 2 is 2.06 bits per heavy atom. The molecule has 1 aliphatic carbocycles. The molecule has 0 radical (unpaired) electrons. The third-order valence-corrected chi connectivity index (χ3v) is 7.36. The van der Waals surface area contributed by atoms with E-state index in [2.05, 4.69) is 32.8 Å². The predicted octanol–water partition coefficient (Wildman–Crippen LogP) is 4.58. The first-order chi connectivity index (χ1) is 16.6. The van der Waals surface area contributed by atoms with E-state index in [1.54, 1.807) is 6.20 Å². The minimum absolute atomic E-state index is 0.0385. The van der Waals surface area contributed by atoms with Gasteiger partial charge < -0.3 is 15.2 Å². The molecule has 2 fully saturated rings. The number of piperazine rings is 1. The van der Waals surface area contributed by atoms with Crippen molar-refractivity contribution in [3.8, 4) is 11.3 Å². The number of fused-ring (bicyclic) bond motifs is 1. The van der Waals surface area contributed by atoms with Gasteiger partial charge in [0, 0.05) is 61.4 Å². The van der Waals surface area contributed by atoms with Crippen LogP contribution in [0.1, 0.15) is 25.7 Å². The Hall–Kier alpha value is -2.90. The lowest BCUT2D eigenvalue weighted by Gasteiger charge is -2.38. The SMILES string of the molecule is C=CC(=O)N1CCN(C[C@H]2CCCC(Nc3ncc(Cl)c(-c4c[nH]c5ccccc45)n3)C2)CC1. The summed E-state index contributed by atoms with van der Waals surface area (Å²) in [6, 6.07) is 8.50. The Kier molecular flexibility index (Phi) is 6.83. The molecule has 5 rings (SSSR count). The highest BCUT2D eigenvalue weighted by atomic mass is 35.5. The molecule has 34 heavy (non-hydrogen) atoms. The number of hydrogen-bond acceptors (Lipinski definition) is 5. The van der Waals surface area contributed by atoms with E-state index >= 15 is 0 Å². The number of H-pyrrole nitrogens is 1. The van der Waals surface area contributed by atoms with Gasteiger partial charge in [0.15, 0.2) is 0 Å². The fourth-order valence-electron chi connectivity index (χ4n) is 5.31. The average molecular weight is 479 g/mol. The summed E-state index contributed by atoms with van der Waals surface area (Å²) in [5.74, 6) is 1.30. The number of nitrogens with one attached hydrogen (secondary N) is 2. The summed E-state index contributed by atoms with van der Waals surface area (Å²) in [7, 11) is 0. The third-order valence-electron chi connectivity index (χ3n) is 7.08. The molecule has 2 atom stereocenters. The van der Waals surface area contributed by atoms with Crippen LogP contribution in [0.4, 0.5) is 5.95 Å². The molecule has 2 N–H and O–H groups in total. The first kappa shape index (κ1) is 22.9. The van der Waals surface area contributed by atoms with Crippen LogP contribution >= 0.6 is 11.6 Å². The Bertz CT molecular complexity index is 1170. The summed E-state index contributed by atoms with van der Waals surface area (Å²) in [5.41, 5.74) is 2.80. The molecular weight excluding hydrogens is 448 g/mol. The number of aromatic nitrogens is 3. The fraction of sp³-hybridized carbons (Fsp3) is 0.423. The zero-order chi connectivity index (χ0) is 23.5. The van der Waals surface area contributed by atoms with Crippen molar-refractivity contribution in [1.82, 2.24) is 24.8 Å². The van der Waals surface area contributed by atoms with Crippen LogP contribution in [0.25, 0.3) is 22.2 Å². The number of amides is 1. The van der Waals surface area contributed by atoms with Gasteiger partial charge in [0.05, 0.1) is 16.9 Å². The minimum Gasteiger partial charge on any atom is -0.360 e. The highest BCUT2D eigenvalue weighted by Gasteiger charge is 2.27. The number of para-hydroxylation sites is 1. The normalized spacial score (nSPS) is 21.5. The largest absolute Gasteiger partial charge is 0.360 e. The van der Waals surface area contributed by atoms with Crippen LogP contribution in [0.3, 0.4) is 0 Å². The van der Waals surface area contributed by atoms with E-state index in [9.17, 15) is 4.79 Å². The number of rotatable bonds is 6. The topological polar surface area (TPSA) is 77.2 Å². The maximum absolute atomic E-state index is 11.8. The van der Waals surface area contributed by atoms with Crippen LogP contribution in [0, 0.1) is 5.92 Å². The molecule has 0 bridgehead atoms. The van der Waals surface area contributed by atoms with Crippen LogP contribution < -0.4 is 5.32 Å². The lowest BCUT2D eigenvalue weighted by Crippen LogP contribution is -2.49. The molecule has 1 saturated carbocycles. The lowest BCUT2D eigenvalue weighted by molar-refractivity contribution is -0.127. The molecule has 178 valence electrons. The summed E-state index contributed by atoms with van der Waals surface area (Å²) in [6.07, 6.45) is 9.72. The number of anilines is 1. The zero-order valence-corrected chi connectivity index (χ0v) is 20.1. The first-order valence-electron chi connectivity index (χ1n) is 12.1. The maximum Gasteiger partial charge on any atom is 0.246 e.